The van der Waals surface area contributed by atoms with Crippen LogP contribution in [0.3, 0.4) is 0 Å². The first-order valence-electron chi connectivity index (χ1n) is 10.2. The van der Waals surface area contributed by atoms with Crippen LogP contribution in [0.15, 0.2) is 53.6 Å². The molecular weight excluding hydrogens is 402 g/mol. The van der Waals surface area contributed by atoms with E-state index in [4.69, 9.17) is 4.74 Å². The van der Waals surface area contributed by atoms with Gasteiger partial charge in [-0.1, -0.05) is 32.0 Å². The number of sulfonamides is 1. The third kappa shape index (κ3) is 4.06. The number of amides is 1. The highest BCUT2D eigenvalue weighted by molar-refractivity contribution is 7.89. The zero-order valence-corrected chi connectivity index (χ0v) is 18.1. The first-order chi connectivity index (χ1) is 14.3. The van der Waals surface area contributed by atoms with Crippen molar-refractivity contribution >= 4 is 15.9 Å². The number of ether oxygens (including phenoxy) is 1. The topological polar surface area (TPSA) is 79.8 Å². The van der Waals surface area contributed by atoms with E-state index in [1.54, 1.807) is 41.4 Å². The molecule has 1 spiro atoms. The van der Waals surface area contributed by atoms with Gasteiger partial charge in [-0.15, -0.1) is 0 Å². The molecule has 1 aromatic carbocycles. The van der Waals surface area contributed by atoms with E-state index in [9.17, 15) is 13.2 Å². The number of fused-ring (bicyclic) bond motifs is 1. The van der Waals surface area contributed by atoms with Crippen LogP contribution in [-0.4, -0.2) is 53.7 Å². The summed E-state index contributed by atoms with van der Waals surface area (Å²) in [7, 11) is -3.77. The number of hydrogen-bond donors (Lipinski definition) is 0. The van der Waals surface area contributed by atoms with Crippen molar-refractivity contribution in [2.75, 3.05) is 19.6 Å². The Bertz CT molecular complexity index is 1030. The number of carbonyl (C=O) groups is 1. The van der Waals surface area contributed by atoms with E-state index in [0.29, 0.717) is 37.4 Å². The van der Waals surface area contributed by atoms with Gasteiger partial charge in [0, 0.05) is 25.6 Å². The molecule has 0 radical (unpaired) electrons. The molecule has 2 aliphatic rings. The summed E-state index contributed by atoms with van der Waals surface area (Å²) in [5, 5.41) is 0. The summed E-state index contributed by atoms with van der Waals surface area (Å²) >= 11 is 0. The fraction of sp³-hybridized carbons (Fsp3) is 0.455. The Kier molecular flexibility index (Phi) is 5.55. The van der Waals surface area contributed by atoms with Gasteiger partial charge in [-0.25, -0.2) is 8.42 Å². The Morgan fingerprint density at radius 2 is 1.93 bits per heavy atom. The zero-order valence-electron chi connectivity index (χ0n) is 17.3. The molecular formula is C22H27N3O4S. The van der Waals surface area contributed by atoms with Crippen molar-refractivity contribution in [3.63, 3.8) is 0 Å². The first kappa shape index (κ1) is 20.8. The third-order valence-corrected chi connectivity index (χ3v) is 7.41. The summed E-state index contributed by atoms with van der Waals surface area (Å²) in [6, 6.07) is 12.2. The number of para-hydroxylation sites is 1. The molecule has 2 aliphatic heterocycles. The minimum absolute atomic E-state index is 0.0853. The van der Waals surface area contributed by atoms with Gasteiger partial charge in [0.15, 0.2) is 0 Å². The van der Waals surface area contributed by atoms with Crippen molar-refractivity contribution < 1.29 is 17.9 Å². The lowest BCUT2D eigenvalue weighted by Crippen LogP contribution is -2.49. The summed E-state index contributed by atoms with van der Waals surface area (Å²) in [6.45, 7) is 5.30. The highest BCUT2D eigenvalue weighted by Gasteiger charge is 2.48. The molecule has 0 N–H and O–H groups in total. The molecule has 1 fully saturated rings. The van der Waals surface area contributed by atoms with Gasteiger partial charge in [-0.2, -0.15) is 4.31 Å². The summed E-state index contributed by atoms with van der Waals surface area (Å²) < 4.78 is 34.7. The Morgan fingerprint density at radius 3 is 2.67 bits per heavy atom. The van der Waals surface area contributed by atoms with E-state index in [2.05, 4.69) is 4.98 Å². The van der Waals surface area contributed by atoms with Crippen molar-refractivity contribution in [1.29, 1.82) is 0 Å². The van der Waals surface area contributed by atoms with Gasteiger partial charge < -0.3 is 9.64 Å². The highest BCUT2D eigenvalue weighted by atomic mass is 32.2. The maximum Gasteiger partial charge on any atom is 0.247 e. The maximum absolute atomic E-state index is 13.5. The van der Waals surface area contributed by atoms with Gasteiger partial charge in [-0.05, 0) is 30.2 Å². The van der Waals surface area contributed by atoms with Crippen molar-refractivity contribution in [2.24, 2.45) is 5.92 Å². The normalized spacial score (nSPS) is 23.2. The largest absolute Gasteiger partial charge is 0.483 e. The van der Waals surface area contributed by atoms with Crippen molar-refractivity contribution in [3.8, 4) is 5.75 Å². The van der Waals surface area contributed by atoms with E-state index in [1.165, 1.54) is 4.31 Å². The average Bonchev–Trinajstić information content (AvgIpc) is 3.08. The molecule has 1 aromatic heterocycles. The second-order valence-corrected chi connectivity index (χ2v) is 10.4. The van der Waals surface area contributed by atoms with Gasteiger partial charge >= 0.3 is 0 Å². The number of aromatic nitrogens is 1. The molecule has 2 aromatic rings. The average molecular weight is 430 g/mol. The Balaban J connectivity index is 1.69. The molecule has 0 unspecified atom stereocenters. The van der Waals surface area contributed by atoms with Gasteiger partial charge in [0.05, 0.1) is 25.3 Å². The second kappa shape index (κ2) is 8.00. The van der Waals surface area contributed by atoms with Gasteiger partial charge in [0.25, 0.3) is 0 Å². The number of benzene rings is 1. The van der Waals surface area contributed by atoms with Crippen LogP contribution < -0.4 is 4.74 Å². The quantitative estimate of drug-likeness (QED) is 0.747. The molecule has 160 valence electrons. The number of hydrogen-bond acceptors (Lipinski definition) is 5. The van der Waals surface area contributed by atoms with Crippen LogP contribution in [0.4, 0.5) is 0 Å². The number of rotatable bonds is 4. The SMILES string of the molecule is CC(C)CC(=O)N1CC[C@@]2(C1)CN(Cc1ccccn1)S(=O)(=O)c1ccccc1O2. The van der Waals surface area contributed by atoms with Crippen LogP contribution in [0.1, 0.15) is 32.4 Å². The van der Waals surface area contributed by atoms with Gasteiger partial charge in [0.2, 0.25) is 15.9 Å². The van der Waals surface area contributed by atoms with Crippen LogP contribution >= 0.6 is 0 Å². The molecule has 1 atom stereocenters. The standard InChI is InChI=1S/C22H27N3O4S/c1-17(2)13-21(26)24-12-10-22(15-24)16-25(14-18-7-5-6-11-23-18)30(27,28)20-9-4-3-8-19(20)29-22/h3-9,11,17H,10,12-16H2,1-2H3/t22-/m1/s1. The first-order valence-corrected chi connectivity index (χ1v) is 11.7. The minimum Gasteiger partial charge on any atom is -0.483 e. The number of likely N-dealkylation sites (tertiary alicyclic amines) is 1. The minimum atomic E-state index is -3.77. The third-order valence-electron chi connectivity index (χ3n) is 5.57. The lowest BCUT2D eigenvalue weighted by Gasteiger charge is -2.32. The second-order valence-electron chi connectivity index (χ2n) is 8.49. The van der Waals surface area contributed by atoms with Crippen LogP contribution in [0, 0.1) is 5.92 Å². The lowest BCUT2D eigenvalue weighted by atomic mass is 10.0. The Morgan fingerprint density at radius 1 is 1.17 bits per heavy atom. The molecule has 0 saturated carbocycles. The summed E-state index contributed by atoms with van der Waals surface area (Å²) in [6.07, 6.45) is 2.71. The molecule has 1 amide bonds. The van der Waals surface area contributed by atoms with Crippen LogP contribution in [-0.2, 0) is 21.4 Å². The van der Waals surface area contributed by atoms with Crippen LogP contribution in [0.5, 0.6) is 5.75 Å². The summed E-state index contributed by atoms with van der Waals surface area (Å²) in [4.78, 5) is 18.9. The van der Waals surface area contributed by atoms with Crippen molar-refractivity contribution in [1.82, 2.24) is 14.2 Å². The van der Waals surface area contributed by atoms with E-state index in [-0.39, 0.29) is 29.8 Å². The predicted molar refractivity (Wildman–Crippen MR) is 112 cm³/mol. The molecule has 8 heteroatoms. The highest BCUT2D eigenvalue weighted by Crippen LogP contribution is 2.39. The summed E-state index contributed by atoms with van der Waals surface area (Å²) in [5.74, 6) is 0.701. The molecule has 0 bridgehead atoms. The maximum atomic E-state index is 13.5. The van der Waals surface area contributed by atoms with E-state index in [1.807, 2.05) is 26.0 Å². The Hall–Kier alpha value is -2.45. The lowest BCUT2D eigenvalue weighted by molar-refractivity contribution is -0.131. The molecule has 3 heterocycles. The van der Waals surface area contributed by atoms with E-state index < -0.39 is 15.6 Å². The monoisotopic (exact) mass is 429 g/mol. The molecule has 0 aliphatic carbocycles. The number of carbonyl (C=O) groups excluding carboxylic acids is 1. The van der Waals surface area contributed by atoms with Crippen molar-refractivity contribution in [2.45, 2.75) is 43.7 Å². The Labute approximate surface area is 177 Å². The number of nitrogens with zero attached hydrogens (tertiary/aromatic N) is 3. The van der Waals surface area contributed by atoms with Crippen LogP contribution in [0.2, 0.25) is 0 Å². The number of pyridine rings is 1. The molecule has 4 rings (SSSR count). The summed E-state index contributed by atoms with van der Waals surface area (Å²) in [5.41, 5.74) is -0.109. The fourth-order valence-electron chi connectivity index (χ4n) is 4.12. The fourth-order valence-corrected chi connectivity index (χ4v) is 5.72. The molecule has 30 heavy (non-hydrogen) atoms. The smallest absolute Gasteiger partial charge is 0.247 e. The van der Waals surface area contributed by atoms with E-state index in [0.717, 1.165) is 0 Å². The van der Waals surface area contributed by atoms with Gasteiger partial charge in [0.1, 0.15) is 16.2 Å². The van der Waals surface area contributed by atoms with Crippen molar-refractivity contribution in [3.05, 3.63) is 54.4 Å². The van der Waals surface area contributed by atoms with E-state index >= 15 is 0 Å². The van der Waals surface area contributed by atoms with Crippen LogP contribution in [0.25, 0.3) is 0 Å². The van der Waals surface area contributed by atoms with Gasteiger partial charge in [-0.3, -0.25) is 9.78 Å². The zero-order chi connectivity index (χ0) is 21.4. The predicted octanol–water partition coefficient (Wildman–Crippen LogP) is 2.68. The molecule has 1 saturated heterocycles. The molecule has 7 nitrogen and oxygen atoms in total.